The maximum Gasteiger partial charge on any atom is 0.166 e. The summed E-state index contributed by atoms with van der Waals surface area (Å²) in [5, 5.41) is 0. The van der Waals surface area contributed by atoms with E-state index in [-0.39, 0.29) is 5.56 Å². The van der Waals surface area contributed by atoms with Crippen LogP contribution >= 0.6 is 0 Å². The second-order valence-corrected chi connectivity index (χ2v) is 3.67. The van der Waals surface area contributed by atoms with Crippen LogP contribution in [0.1, 0.15) is 5.56 Å². The Hall–Kier alpha value is -1.90. The highest BCUT2D eigenvalue weighted by Crippen LogP contribution is 2.27. The van der Waals surface area contributed by atoms with Gasteiger partial charge in [-0.2, -0.15) is 0 Å². The van der Waals surface area contributed by atoms with E-state index in [0.717, 1.165) is 11.6 Å². The summed E-state index contributed by atoms with van der Waals surface area (Å²) in [7, 11) is 0. The third-order valence-electron chi connectivity index (χ3n) is 2.54. The van der Waals surface area contributed by atoms with Crippen molar-refractivity contribution in [1.29, 1.82) is 0 Å². The fourth-order valence-corrected chi connectivity index (χ4v) is 1.53. The first-order valence-electron chi connectivity index (χ1n) is 4.90. The predicted molar refractivity (Wildman–Crippen MR) is 60.9 cm³/mol. The molecule has 0 aliphatic carbocycles. The Labute approximate surface area is 92.5 Å². The lowest BCUT2D eigenvalue weighted by atomic mass is 10.0. The van der Waals surface area contributed by atoms with Crippen LogP contribution in [0.5, 0.6) is 0 Å². The normalized spacial score (nSPS) is 10.4. The Balaban J connectivity index is 2.59. The van der Waals surface area contributed by atoms with Crippen LogP contribution in [0.25, 0.3) is 11.1 Å². The van der Waals surface area contributed by atoms with Crippen molar-refractivity contribution in [3.63, 3.8) is 0 Å². The standard InChI is InChI=1S/C13H11F2N/c1-8-5-6-9(7-12(8)16)10-3-2-4-11(14)13(10)15/h2-7H,16H2,1H3. The Bertz CT molecular complexity index is 535. The fourth-order valence-electron chi connectivity index (χ4n) is 1.53. The molecule has 0 spiro atoms. The van der Waals surface area contributed by atoms with E-state index in [1.165, 1.54) is 12.1 Å². The average Bonchev–Trinajstić information content (AvgIpc) is 2.26. The summed E-state index contributed by atoms with van der Waals surface area (Å²) in [6.07, 6.45) is 0. The topological polar surface area (TPSA) is 26.0 Å². The van der Waals surface area contributed by atoms with Crippen molar-refractivity contribution in [1.82, 2.24) is 0 Å². The molecule has 0 unspecified atom stereocenters. The first-order valence-corrected chi connectivity index (χ1v) is 4.90. The molecule has 2 aromatic rings. The molecule has 0 heterocycles. The fraction of sp³-hybridized carbons (Fsp3) is 0.0769. The molecule has 2 rings (SSSR count). The number of rotatable bonds is 1. The molecule has 1 nitrogen and oxygen atoms in total. The number of anilines is 1. The van der Waals surface area contributed by atoms with Crippen molar-refractivity contribution in [2.75, 3.05) is 5.73 Å². The van der Waals surface area contributed by atoms with Crippen molar-refractivity contribution < 1.29 is 8.78 Å². The average molecular weight is 219 g/mol. The van der Waals surface area contributed by atoms with Crippen LogP contribution < -0.4 is 5.73 Å². The molecule has 0 aromatic heterocycles. The van der Waals surface area contributed by atoms with Gasteiger partial charge in [-0.25, -0.2) is 8.78 Å². The van der Waals surface area contributed by atoms with Gasteiger partial charge in [-0.15, -0.1) is 0 Å². The maximum absolute atomic E-state index is 13.5. The van der Waals surface area contributed by atoms with Gasteiger partial charge in [0.05, 0.1) is 0 Å². The van der Waals surface area contributed by atoms with Gasteiger partial charge in [-0.05, 0) is 30.2 Å². The number of nitrogen functional groups attached to an aromatic ring is 1. The summed E-state index contributed by atoms with van der Waals surface area (Å²) in [6.45, 7) is 1.86. The molecule has 0 saturated carbocycles. The maximum atomic E-state index is 13.5. The van der Waals surface area contributed by atoms with Crippen molar-refractivity contribution in [3.8, 4) is 11.1 Å². The second kappa shape index (κ2) is 3.93. The van der Waals surface area contributed by atoms with Crippen LogP contribution in [-0.4, -0.2) is 0 Å². The minimum atomic E-state index is -0.850. The van der Waals surface area contributed by atoms with Crippen molar-refractivity contribution in [2.24, 2.45) is 0 Å². The van der Waals surface area contributed by atoms with E-state index in [1.54, 1.807) is 18.2 Å². The number of aryl methyl sites for hydroxylation is 1. The lowest BCUT2D eigenvalue weighted by Crippen LogP contribution is -1.93. The van der Waals surface area contributed by atoms with E-state index in [4.69, 9.17) is 5.73 Å². The van der Waals surface area contributed by atoms with Crippen LogP contribution in [0.4, 0.5) is 14.5 Å². The Kier molecular flexibility index (Phi) is 2.60. The second-order valence-electron chi connectivity index (χ2n) is 3.67. The monoisotopic (exact) mass is 219 g/mol. The highest BCUT2D eigenvalue weighted by atomic mass is 19.2. The third-order valence-corrected chi connectivity index (χ3v) is 2.54. The molecule has 82 valence electrons. The quantitative estimate of drug-likeness (QED) is 0.729. The lowest BCUT2D eigenvalue weighted by Gasteiger charge is -2.06. The molecule has 0 fully saturated rings. The molecule has 16 heavy (non-hydrogen) atoms. The van der Waals surface area contributed by atoms with Gasteiger partial charge in [0.1, 0.15) is 0 Å². The summed E-state index contributed by atoms with van der Waals surface area (Å²) < 4.78 is 26.5. The molecule has 0 bridgehead atoms. The number of halogens is 2. The number of benzene rings is 2. The zero-order valence-electron chi connectivity index (χ0n) is 8.80. The molecule has 0 aliphatic heterocycles. The summed E-state index contributed by atoms with van der Waals surface area (Å²) in [5.74, 6) is -1.69. The summed E-state index contributed by atoms with van der Waals surface area (Å²) in [4.78, 5) is 0. The Morgan fingerprint density at radius 1 is 1.06 bits per heavy atom. The number of hydrogen-bond acceptors (Lipinski definition) is 1. The van der Waals surface area contributed by atoms with Gasteiger partial charge >= 0.3 is 0 Å². The molecular formula is C13H11F2N. The van der Waals surface area contributed by atoms with E-state index in [9.17, 15) is 8.78 Å². The number of nitrogens with two attached hydrogens (primary N) is 1. The minimum Gasteiger partial charge on any atom is -0.398 e. The molecule has 2 aromatic carbocycles. The SMILES string of the molecule is Cc1ccc(-c2cccc(F)c2F)cc1N. The Morgan fingerprint density at radius 2 is 1.81 bits per heavy atom. The van der Waals surface area contributed by atoms with Gasteiger partial charge in [0, 0.05) is 11.3 Å². The van der Waals surface area contributed by atoms with Gasteiger partial charge < -0.3 is 5.73 Å². The smallest absolute Gasteiger partial charge is 0.166 e. The summed E-state index contributed by atoms with van der Waals surface area (Å²) in [5.41, 5.74) is 8.03. The van der Waals surface area contributed by atoms with E-state index in [0.29, 0.717) is 11.3 Å². The third kappa shape index (κ3) is 1.76. The van der Waals surface area contributed by atoms with E-state index in [2.05, 4.69) is 0 Å². The van der Waals surface area contributed by atoms with Gasteiger partial charge in [0.15, 0.2) is 11.6 Å². The first-order chi connectivity index (χ1) is 7.59. The predicted octanol–water partition coefficient (Wildman–Crippen LogP) is 3.52. The molecule has 0 aliphatic rings. The van der Waals surface area contributed by atoms with Gasteiger partial charge in [-0.3, -0.25) is 0 Å². The lowest BCUT2D eigenvalue weighted by molar-refractivity contribution is 0.511. The zero-order chi connectivity index (χ0) is 11.7. The van der Waals surface area contributed by atoms with E-state index >= 15 is 0 Å². The molecule has 2 N–H and O–H groups in total. The molecule has 0 atom stereocenters. The minimum absolute atomic E-state index is 0.228. The van der Waals surface area contributed by atoms with Crippen LogP contribution in [-0.2, 0) is 0 Å². The highest BCUT2D eigenvalue weighted by Gasteiger charge is 2.09. The van der Waals surface area contributed by atoms with Crippen LogP contribution in [0.2, 0.25) is 0 Å². The van der Waals surface area contributed by atoms with Crippen LogP contribution in [0, 0.1) is 18.6 Å². The largest absolute Gasteiger partial charge is 0.398 e. The summed E-state index contributed by atoms with van der Waals surface area (Å²) in [6, 6.07) is 9.26. The molecule has 3 heteroatoms. The number of hydrogen-bond donors (Lipinski definition) is 1. The van der Waals surface area contributed by atoms with Crippen molar-refractivity contribution in [2.45, 2.75) is 6.92 Å². The summed E-state index contributed by atoms with van der Waals surface area (Å²) >= 11 is 0. The molecule has 0 radical (unpaired) electrons. The van der Waals surface area contributed by atoms with Gasteiger partial charge in [0.25, 0.3) is 0 Å². The van der Waals surface area contributed by atoms with Gasteiger partial charge in [0.2, 0.25) is 0 Å². The van der Waals surface area contributed by atoms with Crippen LogP contribution in [0.15, 0.2) is 36.4 Å². The van der Waals surface area contributed by atoms with Crippen molar-refractivity contribution >= 4 is 5.69 Å². The molecular weight excluding hydrogens is 208 g/mol. The van der Waals surface area contributed by atoms with E-state index in [1.807, 2.05) is 6.92 Å². The van der Waals surface area contributed by atoms with Crippen molar-refractivity contribution in [3.05, 3.63) is 53.6 Å². The first kappa shape index (κ1) is 10.6. The zero-order valence-corrected chi connectivity index (χ0v) is 8.80. The van der Waals surface area contributed by atoms with E-state index < -0.39 is 11.6 Å². The highest BCUT2D eigenvalue weighted by molar-refractivity contribution is 5.69. The van der Waals surface area contributed by atoms with Gasteiger partial charge in [-0.1, -0.05) is 24.3 Å². The van der Waals surface area contributed by atoms with Crippen LogP contribution in [0.3, 0.4) is 0 Å². The molecule has 0 saturated heterocycles. The Morgan fingerprint density at radius 3 is 2.50 bits per heavy atom. The molecule has 0 amide bonds.